The largest absolute Gasteiger partial charge is 0.370 e. The van der Waals surface area contributed by atoms with E-state index in [1.165, 1.54) is 21.8 Å². The molecule has 5 rings (SSSR count). The highest BCUT2D eigenvalue weighted by atomic mass is 32.1. The third-order valence-electron chi connectivity index (χ3n) is 7.72. The summed E-state index contributed by atoms with van der Waals surface area (Å²) < 4.78 is 0.871. The zero-order valence-electron chi connectivity index (χ0n) is 23.3. The minimum atomic E-state index is -0.878. The topological polar surface area (TPSA) is 164 Å². The molecule has 3 atom stereocenters. The number of ketones is 1. The predicted molar refractivity (Wildman–Crippen MR) is 161 cm³/mol. The highest BCUT2D eigenvalue weighted by molar-refractivity contribution is 7.20. The molecular weight excluding hydrogens is 554 g/mol. The number of guanidine groups is 1. The van der Waals surface area contributed by atoms with E-state index in [9.17, 15) is 19.2 Å². The zero-order valence-corrected chi connectivity index (χ0v) is 24.1. The van der Waals surface area contributed by atoms with Crippen LogP contribution in [0.3, 0.4) is 0 Å². The van der Waals surface area contributed by atoms with Crippen LogP contribution in [0.2, 0.25) is 0 Å². The molecule has 2 saturated heterocycles. The average molecular weight is 590 g/mol. The van der Waals surface area contributed by atoms with Crippen molar-refractivity contribution in [3.05, 3.63) is 65.2 Å². The molecule has 0 spiro atoms. The minimum Gasteiger partial charge on any atom is -0.370 e. The number of nitrogens with zero attached hydrogens (tertiary/aromatic N) is 4. The normalized spacial score (nSPS) is 19.0. The number of aromatic nitrogens is 1. The summed E-state index contributed by atoms with van der Waals surface area (Å²) in [6, 6.07) is 15.1. The Morgan fingerprint density at radius 1 is 1.05 bits per heavy atom. The minimum absolute atomic E-state index is 0.0486. The van der Waals surface area contributed by atoms with Crippen LogP contribution in [0, 0.1) is 0 Å². The molecule has 0 bridgehead atoms. The average Bonchev–Trinajstić information content (AvgIpc) is 3.63. The molecule has 2 aliphatic rings. The maximum absolute atomic E-state index is 13.6. The van der Waals surface area contributed by atoms with Crippen LogP contribution in [0.5, 0.6) is 0 Å². The van der Waals surface area contributed by atoms with Gasteiger partial charge in [-0.1, -0.05) is 42.5 Å². The lowest BCUT2D eigenvalue weighted by molar-refractivity contribution is -0.157. The quantitative estimate of drug-likeness (QED) is 0.126. The Hall–Kier alpha value is -4.32. The van der Waals surface area contributed by atoms with E-state index in [4.69, 9.17) is 11.5 Å². The predicted octanol–water partition coefficient (Wildman–Crippen LogP) is 1.85. The summed E-state index contributed by atoms with van der Waals surface area (Å²) in [6.07, 6.45) is 3.04. The van der Waals surface area contributed by atoms with Gasteiger partial charge in [0.05, 0.1) is 22.8 Å². The van der Waals surface area contributed by atoms with Gasteiger partial charge in [0.1, 0.15) is 12.1 Å². The second-order valence-corrected chi connectivity index (χ2v) is 11.7. The van der Waals surface area contributed by atoms with Crippen LogP contribution in [0.15, 0.2) is 59.6 Å². The van der Waals surface area contributed by atoms with Crippen molar-refractivity contribution in [1.29, 1.82) is 0 Å². The first-order chi connectivity index (χ1) is 20.3. The second kappa shape index (κ2) is 13.1. The van der Waals surface area contributed by atoms with E-state index < -0.39 is 24.0 Å². The second-order valence-electron chi connectivity index (χ2n) is 10.6. The molecule has 11 nitrogen and oxygen atoms in total. The number of nitrogens with one attached hydrogen (secondary N) is 1. The van der Waals surface area contributed by atoms with E-state index in [1.54, 1.807) is 4.90 Å². The molecule has 1 unspecified atom stereocenters. The fourth-order valence-corrected chi connectivity index (χ4v) is 6.63. The Bertz CT molecular complexity index is 1450. The molecule has 220 valence electrons. The molecule has 0 radical (unpaired) electrons. The van der Waals surface area contributed by atoms with E-state index in [0.717, 1.165) is 17.5 Å². The number of carbonyl (C=O) groups excluding carboxylic acids is 4. The molecule has 2 aromatic carbocycles. The van der Waals surface area contributed by atoms with Crippen LogP contribution < -0.4 is 16.8 Å². The van der Waals surface area contributed by atoms with Crippen molar-refractivity contribution in [2.75, 3.05) is 19.6 Å². The third kappa shape index (κ3) is 6.59. The first-order valence-corrected chi connectivity index (χ1v) is 15.0. The van der Waals surface area contributed by atoms with Gasteiger partial charge in [0.25, 0.3) is 0 Å². The summed E-state index contributed by atoms with van der Waals surface area (Å²) in [6.45, 7) is 0.724. The van der Waals surface area contributed by atoms with Crippen LogP contribution >= 0.6 is 11.3 Å². The highest BCUT2D eigenvalue weighted by Gasteiger charge is 2.49. The third-order valence-corrected chi connectivity index (χ3v) is 8.77. The summed E-state index contributed by atoms with van der Waals surface area (Å²) in [5.74, 6) is -1.18. The molecule has 2 aliphatic heterocycles. The van der Waals surface area contributed by atoms with Crippen molar-refractivity contribution in [1.82, 2.24) is 20.1 Å². The standard InChI is InChI=1S/C30H35N7O4S/c31-30(32)33-16-6-12-21(26(39)28-35-20-11-4-5-13-24(20)42-28)34-27(40)22-14-15-23-29(41)36(18-25(38)37(22)23)17-7-10-19-8-2-1-3-9-19/h1-5,8-9,11,13,21-23H,6-7,10,12,14-18H2,(H,34,40)(H4,31,32,33)/t21?,22-,23-/m1/s1. The fraction of sp³-hybridized carbons (Fsp3) is 0.400. The van der Waals surface area contributed by atoms with Gasteiger partial charge in [-0.05, 0) is 56.2 Å². The lowest BCUT2D eigenvalue weighted by atomic mass is 10.1. The number of para-hydroxylation sites is 1. The van der Waals surface area contributed by atoms with Crippen molar-refractivity contribution in [3.8, 4) is 0 Å². The number of aliphatic imine (C=N–C) groups is 1. The van der Waals surface area contributed by atoms with Gasteiger partial charge in [-0.2, -0.15) is 0 Å². The number of fused-ring (bicyclic) bond motifs is 2. The molecule has 0 saturated carbocycles. The van der Waals surface area contributed by atoms with Crippen LogP contribution in [0.4, 0.5) is 0 Å². The van der Waals surface area contributed by atoms with Gasteiger partial charge in [0.2, 0.25) is 23.5 Å². The molecule has 12 heteroatoms. The SMILES string of the molecule is NC(N)=NCCCC(NC(=O)[C@H]1CC[C@@H]2C(=O)N(CCCc3ccccc3)CC(=O)N12)C(=O)c1nc2ccccc2s1. The number of Topliss-reactive ketones (excluding diaryl/α,β-unsaturated/α-hetero) is 1. The van der Waals surface area contributed by atoms with Gasteiger partial charge >= 0.3 is 0 Å². The van der Waals surface area contributed by atoms with Crippen molar-refractivity contribution in [3.63, 3.8) is 0 Å². The van der Waals surface area contributed by atoms with E-state index in [-0.39, 0.29) is 36.5 Å². The van der Waals surface area contributed by atoms with Crippen molar-refractivity contribution in [2.45, 2.75) is 56.7 Å². The number of benzene rings is 2. The number of hydrogen-bond acceptors (Lipinski definition) is 7. The van der Waals surface area contributed by atoms with E-state index in [0.29, 0.717) is 42.9 Å². The first kappa shape index (κ1) is 29.2. The summed E-state index contributed by atoms with van der Waals surface area (Å²) in [4.78, 5) is 65.1. The maximum Gasteiger partial charge on any atom is 0.245 e. The number of aryl methyl sites for hydroxylation is 1. The maximum atomic E-state index is 13.6. The number of nitrogens with two attached hydrogens (primary N) is 2. The zero-order chi connectivity index (χ0) is 29.6. The fourth-order valence-electron chi connectivity index (χ4n) is 5.67. The summed E-state index contributed by atoms with van der Waals surface area (Å²) in [5, 5.41) is 3.16. The summed E-state index contributed by atoms with van der Waals surface area (Å²) >= 11 is 1.27. The smallest absolute Gasteiger partial charge is 0.245 e. The monoisotopic (exact) mass is 589 g/mol. The number of thiazole rings is 1. The molecular formula is C30H35N7O4S. The molecule has 3 amide bonds. The van der Waals surface area contributed by atoms with Gasteiger partial charge in [-0.15, -0.1) is 11.3 Å². The number of hydrogen-bond donors (Lipinski definition) is 3. The van der Waals surface area contributed by atoms with Crippen LogP contribution in [-0.4, -0.2) is 82.0 Å². The van der Waals surface area contributed by atoms with Crippen LogP contribution in [-0.2, 0) is 20.8 Å². The van der Waals surface area contributed by atoms with E-state index >= 15 is 0 Å². The Morgan fingerprint density at radius 3 is 2.57 bits per heavy atom. The summed E-state index contributed by atoms with van der Waals surface area (Å²) in [7, 11) is 0. The molecule has 42 heavy (non-hydrogen) atoms. The summed E-state index contributed by atoms with van der Waals surface area (Å²) in [5.41, 5.74) is 12.8. The number of piperazine rings is 1. The Balaban J connectivity index is 1.24. The van der Waals surface area contributed by atoms with Crippen LogP contribution in [0.1, 0.15) is 47.5 Å². The number of amides is 3. The molecule has 3 heterocycles. The number of carbonyl (C=O) groups is 4. The van der Waals surface area contributed by atoms with Gasteiger partial charge in [-0.3, -0.25) is 24.2 Å². The van der Waals surface area contributed by atoms with Crippen molar-refractivity contribution < 1.29 is 19.2 Å². The highest BCUT2D eigenvalue weighted by Crippen LogP contribution is 2.30. The van der Waals surface area contributed by atoms with Crippen molar-refractivity contribution >= 4 is 51.0 Å². The van der Waals surface area contributed by atoms with E-state index in [2.05, 4.69) is 15.3 Å². The van der Waals surface area contributed by atoms with Gasteiger partial charge in [0, 0.05) is 13.1 Å². The van der Waals surface area contributed by atoms with Crippen molar-refractivity contribution in [2.24, 2.45) is 16.5 Å². The lowest BCUT2D eigenvalue weighted by Gasteiger charge is -2.38. The molecule has 5 N–H and O–H groups in total. The lowest BCUT2D eigenvalue weighted by Crippen LogP contribution is -2.62. The molecule has 2 fully saturated rings. The molecule has 3 aromatic rings. The number of rotatable bonds is 12. The van der Waals surface area contributed by atoms with Gasteiger partial charge < -0.3 is 26.6 Å². The van der Waals surface area contributed by atoms with Gasteiger partial charge in [0.15, 0.2) is 11.0 Å². The Kier molecular flexibility index (Phi) is 9.11. The van der Waals surface area contributed by atoms with E-state index in [1.807, 2.05) is 54.6 Å². The molecule has 1 aromatic heterocycles. The Labute approximate surface area is 248 Å². The Morgan fingerprint density at radius 2 is 1.81 bits per heavy atom. The first-order valence-electron chi connectivity index (χ1n) is 14.2. The molecule has 0 aliphatic carbocycles. The van der Waals surface area contributed by atoms with Crippen LogP contribution in [0.25, 0.3) is 10.2 Å². The van der Waals surface area contributed by atoms with Gasteiger partial charge in [-0.25, -0.2) is 4.98 Å².